The van der Waals surface area contributed by atoms with E-state index in [9.17, 15) is 24.3 Å². The Morgan fingerprint density at radius 1 is 1.33 bits per heavy atom. The molecule has 15 nitrogen and oxygen atoms in total. The number of oxime groups is 1. The quantitative estimate of drug-likeness (QED) is 0.0924. The standard InChI is InChI=1S/C21H21ClN8O7S2/c1-7(19(33)34)37-28-12(11-15(22)39-21(25)27-11)16(31)26-13-17(32)30-14(20(35)36)8(6-38-18(13)30)4-29-3-2-9(23)10(24)5-29/h2-3,5,7,13,18,23H,4,6,24H2,1H3,(H5,25,26,27,31,33,34,35,36)/p+1/b28-12-/t7-,13+,18?/m0/s1. The van der Waals surface area contributed by atoms with Gasteiger partial charge in [-0.05, 0) is 6.92 Å². The number of carboxylic acids is 2. The average Bonchev–Trinajstić information content (AvgIpc) is 3.21. The summed E-state index contributed by atoms with van der Waals surface area (Å²) in [6.07, 6.45) is 1.79. The molecule has 2 amide bonds. The van der Waals surface area contributed by atoms with E-state index in [0.29, 0.717) is 16.9 Å². The number of nitrogens with one attached hydrogen (secondary N) is 1. The number of carbonyl (C=O) groups excluding carboxylic acids is 2. The SMILES string of the molecule is C[C@H](O/N=C(\C(=O)N[C@@H]1C(=O)N2C(C(=O)O)=C(C[n+]3ccc(N)c(N)c3)CSC12)c1nc(N)sc1Cl)C(=O)O. The van der Waals surface area contributed by atoms with Gasteiger partial charge in [0.25, 0.3) is 11.8 Å². The van der Waals surface area contributed by atoms with E-state index in [2.05, 4.69) is 15.5 Å². The molecule has 0 aliphatic carbocycles. The summed E-state index contributed by atoms with van der Waals surface area (Å²) in [7, 11) is 0. The van der Waals surface area contributed by atoms with Gasteiger partial charge in [0.2, 0.25) is 6.10 Å². The van der Waals surface area contributed by atoms with Crippen LogP contribution in [0.4, 0.5) is 16.5 Å². The van der Waals surface area contributed by atoms with Gasteiger partial charge in [-0.1, -0.05) is 28.1 Å². The number of fused-ring (bicyclic) bond motifs is 1. The summed E-state index contributed by atoms with van der Waals surface area (Å²) in [5.41, 5.74) is 17.5. The number of rotatable bonds is 9. The molecule has 2 aliphatic heterocycles. The summed E-state index contributed by atoms with van der Waals surface area (Å²) < 4.78 is 1.64. The number of pyridine rings is 1. The summed E-state index contributed by atoms with van der Waals surface area (Å²) in [6.45, 7) is 1.34. The Morgan fingerprint density at radius 2 is 2.05 bits per heavy atom. The van der Waals surface area contributed by atoms with Crippen molar-refractivity contribution in [3.8, 4) is 0 Å². The molecule has 0 aromatic carbocycles. The predicted molar refractivity (Wildman–Crippen MR) is 141 cm³/mol. The number of thioether (sulfide) groups is 1. The number of hydrogen-bond donors (Lipinski definition) is 6. The maximum atomic E-state index is 13.2. The number of carboxylic acid groups (broad SMARTS) is 2. The minimum absolute atomic E-state index is 0.0110. The maximum absolute atomic E-state index is 13.2. The predicted octanol–water partition coefficient (Wildman–Crippen LogP) is -0.537. The lowest BCUT2D eigenvalue weighted by Crippen LogP contribution is -2.71. The van der Waals surface area contributed by atoms with Crippen LogP contribution in [0.25, 0.3) is 0 Å². The van der Waals surface area contributed by atoms with Gasteiger partial charge in [0.1, 0.15) is 32.8 Å². The molecule has 18 heteroatoms. The fourth-order valence-electron chi connectivity index (χ4n) is 3.73. The van der Waals surface area contributed by atoms with Gasteiger partial charge in [-0.15, -0.1) is 11.8 Å². The van der Waals surface area contributed by atoms with Crippen molar-refractivity contribution in [3.63, 3.8) is 0 Å². The van der Waals surface area contributed by atoms with E-state index < -0.39 is 47.0 Å². The zero-order valence-electron chi connectivity index (χ0n) is 20.0. The van der Waals surface area contributed by atoms with Crippen LogP contribution in [0.2, 0.25) is 4.34 Å². The first-order valence-electron chi connectivity index (χ1n) is 11.0. The van der Waals surface area contributed by atoms with Crippen molar-refractivity contribution in [1.29, 1.82) is 0 Å². The topological polar surface area (TPSA) is 240 Å². The van der Waals surface area contributed by atoms with Gasteiger partial charge in [0.05, 0.1) is 5.69 Å². The molecule has 0 bridgehead atoms. The van der Waals surface area contributed by atoms with Crippen molar-refractivity contribution in [2.24, 2.45) is 5.16 Å². The molecule has 1 saturated heterocycles. The highest BCUT2D eigenvalue weighted by molar-refractivity contribution is 8.00. The van der Waals surface area contributed by atoms with Crippen LogP contribution >= 0.6 is 34.7 Å². The number of β-lactam (4-membered cyclic amide) rings is 1. The Hall–Kier alpha value is -4.09. The molecular weight excluding hydrogens is 576 g/mol. The molecule has 4 heterocycles. The number of thiazole rings is 1. The van der Waals surface area contributed by atoms with Crippen molar-refractivity contribution in [3.05, 3.63) is 39.8 Å². The Morgan fingerprint density at radius 3 is 2.64 bits per heavy atom. The summed E-state index contributed by atoms with van der Waals surface area (Å²) in [4.78, 5) is 59.4. The number of halogens is 1. The Balaban J connectivity index is 1.56. The van der Waals surface area contributed by atoms with Gasteiger partial charge < -0.3 is 37.6 Å². The molecule has 0 radical (unpaired) electrons. The van der Waals surface area contributed by atoms with Crippen molar-refractivity contribution >= 4 is 80.7 Å². The van der Waals surface area contributed by atoms with Crippen molar-refractivity contribution in [1.82, 2.24) is 15.2 Å². The number of carbonyl (C=O) groups is 4. The fourth-order valence-corrected chi connectivity index (χ4v) is 6.00. The molecule has 9 N–H and O–H groups in total. The third-order valence-electron chi connectivity index (χ3n) is 5.69. The van der Waals surface area contributed by atoms with Gasteiger partial charge in [0, 0.05) is 17.4 Å². The Kier molecular flexibility index (Phi) is 7.84. The van der Waals surface area contributed by atoms with Crippen LogP contribution in [-0.2, 0) is 30.6 Å². The molecule has 39 heavy (non-hydrogen) atoms. The normalized spacial score (nSPS) is 19.7. The van der Waals surface area contributed by atoms with Gasteiger partial charge in [-0.25, -0.2) is 14.6 Å². The number of aliphatic carboxylic acids is 2. The summed E-state index contributed by atoms with van der Waals surface area (Å²) in [6, 6.07) is 0.465. The first-order valence-corrected chi connectivity index (χ1v) is 13.3. The Bertz CT molecular complexity index is 1450. The molecule has 2 aromatic heterocycles. The van der Waals surface area contributed by atoms with Crippen molar-refractivity contribution in [2.45, 2.75) is 31.0 Å². The molecular formula is C21H22ClN8O7S2+. The highest BCUT2D eigenvalue weighted by Gasteiger charge is 2.55. The average molecular weight is 598 g/mol. The lowest BCUT2D eigenvalue weighted by atomic mass is 10.0. The maximum Gasteiger partial charge on any atom is 0.352 e. The monoisotopic (exact) mass is 597 g/mol. The molecule has 0 saturated carbocycles. The van der Waals surface area contributed by atoms with Crippen LogP contribution in [0.15, 0.2) is 34.9 Å². The van der Waals surface area contributed by atoms with Gasteiger partial charge in [-0.3, -0.25) is 14.5 Å². The number of nitrogen functional groups attached to an aromatic ring is 3. The fraction of sp³-hybridized carbons (Fsp3) is 0.286. The zero-order valence-corrected chi connectivity index (χ0v) is 22.4. The second-order valence-electron chi connectivity index (χ2n) is 8.35. The lowest BCUT2D eigenvalue weighted by Gasteiger charge is -2.49. The number of anilines is 3. The summed E-state index contributed by atoms with van der Waals surface area (Å²) >= 11 is 8.22. The van der Waals surface area contributed by atoms with Gasteiger partial charge in [-0.2, -0.15) is 4.57 Å². The first-order chi connectivity index (χ1) is 18.4. The molecule has 206 valence electrons. The van der Waals surface area contributed by atoms with E-state index >= 15 is 0 Å². The third kappa shape index (κ3) is 5.55. The molecule has 2 aromatic rings. The van der Waals surface area contributed by atoms with Crippen LogP contribution < -0.4 is 27.1 Å². The smallest absolute Gasteiger partial charge is 0.352 e. The zero-order chi connectivity index (χ0) is 28.6. The minimum atomic E-state index is -1.41. The second kappa shape index (κ2) is 11.0. The van der Waals surface area contributed by atoms with Gasteiger partial charge in [0.15, 0.2) is 29.8 Å². The number of nitrogens with two attached hydrogens (primary N) is 3. The van der Waals surface area contributed by atoms with Crippen LogP contribution in [0, 0.1) is 0 Å². The van der Waals surface area contributed by atoms with Crippen molar-refractivity contribution < 1.29 is 38.8 Å². The van der Waals surface area contributed by atoms with Crippen LogP contribution in [0.3, 0.4) is 0 Å². The van der Waals surface area contributed by atoms with Crippen LogP contribution in [0.1, 0.15) is 12.6 Å². The van der Waals surface area contributed by atoms with E-state index in [4.69, 9.17) is 38.7 Å². The molecule has 0 spiro atoms. The molecule has 2 aliphatic rings. The van der Waals surface area contributed by atoms with E-state index in [0.717, 1.165) is 16.2 Å². The Labute approximate surface area is 233 Å². The minimum Gasteiger partial charge on any atom is -0.478 e. The van der Waals surface area contributed by atoms with Gasteiger partial charge >= 0.3 is 11.9 Å². The molecule has 4 rings (SSSR count). The highest BCUT2D eigenvalue weighted by Crippen LogP contribution is 2.40. The number of nitrogens with zero attached hydrogens (tertiary/aromatic N) is 4. The van der Waals surface area contributed by atoms with E-state index in [-0.39, 0.29) is 33.2 Å². The molecule has 3 atom stereocenters. The molecule has 1 unspecified atom stereocenters. The second-order valence-corrected chi connectivity index (χ2v) is 11.1. The number of hydrogen-bond acceptors (Lipinski definition) is 12. The first kappa shape index (κ1) is 27.9. The van der Waals surface area contributed by atoms with E-state index in [1.807, 2.05) is 0 Å². The third-order valence-corrected chi connectivity index (χ3v) is 8.11. The molecule has 1 fully saturated rings. The highest BCUT2D eigenvalue weighted by atomic mass is 35.5. The largest absolute Gasteiger partial charge is 0.478 e. The summed E-state index contributed by atoms with van der Waals surface area (Å²) in [5, 5.41) is 24.4. The van der Waals surface area contributed by atoms with Crippen LogP contribution in [0.5, 0.6) is 0 Å². The van der Waals surface area contributed by atoms with E-state index in [1.165, 1.54) is 18.7 Å². The van der Waals surface area contributed by atoms with E-state index in [1.54, 1.807) is 23.0 Å². The number of amides is 2. The number of aromatic nitrogens is 2. The van der Waals surface area contributed by atoms with Crippen molar-refractivity contribution in [2.75, 3.05) is 23.0 Å². The summed E-state index contributed by atoms with van der Waals surface area (Å²) in [5.74, 6) is -4.01. The lowest BCUT2D eigenvalue weighted by molar-refractivity contribution is -0.688. The van der Waals surface area contributed by atoms with Crippen LogP contribution in [-0.4, -0.2) is 72.8 Å².